The van der Waals surface area contributed by atoms with Crippen molar-refractivity contribution >= 4 is 75.9 Å². The lowest BCUT2D eigenvalue weighted by atomic mass is 10.1. The number of hydrogen-bond donors (Lipinski definition) is 1. The van der Waals surface area contributed by atoms with E-state index in [-0.39, 0.29) is 25.1 Å². The average Bonchev–Trinajstić information content (AvgIpc) is 3.35. The van der Waals surface area contributed by atoms with Crippen LogP contribution in [0.5, 0.6) is 5.75 Å². The van der Waals surface area contributed by atoms with Crippen LogP contribution in [-0.2, 0) is 26.8 Å². The summed E-state index contributed by atoms with van der Waals surface area (Å²) in [5.41, 5.74) is 1.58. The Balaban J connectivity index is 1.60. The fourth-order valence-corrected chi connectivity index (χ4v) is 6.80. The number of aryl methyl sites for hydroxylation is 1. The number of halogens is 1. The fraction of sp³-hybridized carbons (Fsp3) is 0.240. The van der Waals surface area contributed by atoms with Gasteiger partial charge in [-0.2, -0.15) is 13.0 Å². The molecule has 0 unspecified atom stereocenters. The van der Waals surface area contributed by atoms with Gasteiger partial charge in [-0.05, 0) is 42.1 Å². The molecular weight excluding hydrogens is 572 g/mol. The molecule has 1 aliphatic heterocycles. The van der Waals surface area contributed by atoms with Gasteiger partial charge in [0.1, 0.15) is 4.70 Å². The molecule has 0 atom stereocenters. The van der Waals surface area contributed by atoms with Gasteiger partial charge in [0.2, 0.25) is 11.4 Å². The van der Waals surface area contributed by atoms with Crippen LogP contribution < -0.4 is 14.2 Å². The number of hydrogen-bond acceptors (Lipinski definition) is 8. The Labute approximate surface area is 229 Å². The summed E-state index contributed by atoms with van der Waals surface area (Å²) in [5, 5.41) is 3.27. The van der Waals surface area contributed by atoms with Crippen LogP contribution in [-0.4, -0.2) is 44.0 Å². The molecule has 13 heteroatoms. The lowest BCUT2D eigenvalue weighted by Crippen LogP contribution is -2.36. The van der Waals surface area contributed by atoms with E-state index in [9.17, 15) is 25.9 Å². The lowest BCUT2D eigenvalue weighted by molar-refractivity contribution is -0.667. The Bertz CT molecular complexity index is 1780. The van der Waals surface area contributed by atoms with Crippen LogP contribution in [0.2, 0.25) is 5.02 Å². The van der Waals surface area contributed by atoms with Crippen molar-refractivity contribution in [2.75, 3.05) is 23.0 Å². The molecule has 38 heavy (non-hydrogen) atoms. The molecule has 9 nitrogen and oxygen atoms in total. The molecular formula is C25H23ClN2O7S3. The normalized spacial score (nSPS) is 14.9. The maximum absolute atomic E-state index is 11.4. The van der Waals surface area contributed by atoms with Gasteiger partial charge in [-0.15, -0.1) is 0 Å². The highest BCUT2D eigenvalue weighted by atomic mass is 35.5. The molecule has 200 valence electrons. The highest BCUT2D eigenvalue weighted by Gasteiger charge is 2.30. The van der Waals surface area contributed by atoms with E-state index in [0.29, 0.717) is 28.9 Å². The number of fused-ring (bicyclic) bond motifs is 4. The molecule has 4 aromatic rings. The van der Waals surface area contributed by atoms with Crippen LogP contribution in [0.4, 0.5) is 5.69 Å². The maximum Gasteiger partial charge on any atom is 0.268 e. The predicted octanol–water partition coefficient (Wildman–Crippen LogP) is 4.41. The quantitative estimate of drug-likeness (QED) is 0.223. The maximum atomic E-state index is 11.4. The Morgan fingerprint density at radius 1 is 1.05 bits per heavy atom. The summed E-state index contributed by atoms with van der Waals surface area (Å²) < 4.78 is 74.8. The van der Waals surface area contributed by atoms with Crippen LogP contribution in [0.1, 0.15) is 17.8 Å². The number of aromatic nitrogens is 1. The van der Waals surface area contributed by atoms with Crippen molar-refractivity contribution in [1.82, 2.24) is 0 Å². The van der Waals surface area contributed by atoms with Gasteiger partial charge in [0.25, 0.3) is 15.1 Å². The number of rotatable bonds is 9. The van der Waals surface area contributed by atoms with Gasteiger partial charge < -0.3 is 14.2 Å². The van der Waals surface area contributed by atoms with Crippen molar-refractivity contribution in [1.29, 1.82) is 0 Å². The lowest BCUT2D eigenvalue weighted by Gasteiger charge is -2.18. The molecule has 0 radical (unpaired) electrons. The van der Waals surface area contributed by atoms with E-state index < -0.39 is 26.0 Å². The van der Waals surface area contributed by atoms with E-state index in [1.807, 2.05) is 47.0 Å². The third-order valence-corrected chi connectivity index (χ3v) is 9.04. The van der Waals surface area contributed by atoms with E-state index in [4.69, 9.17) is 16.3 Å². The second-order valence-corrected chi connectivity index (χ2v) is 13.4. The third kappa shape index (κ3) is 5.95. The SMILES string of the molecule is O=S(=O)([O-])CCCN1/C(=C\c2sc3ccc4ccccc4c3[n+]2CCCS(=O)(=O)O)Oc2ccc(Cl)cc21. The number of thiazole rings is 1. The largest absolute Gasteiger partial charge is 0.748 e. The summed E-state index contributed by atoms with van der Waals surface area (Å²) in [6.45, 7) is 0.525. The first-order chi connectivity index (χ1) is 18.0. The van der Waals surface area contributed by atoms with Gasteiger partial charge >= 0.3 is 0 Å². The number of anilines is 1. The number of benzene rings is 3. The molecule has 1 N–H and O–H groups in total. The minimum atomic E-state index is -4.38. The second kappa shape index (κ2) is 10.4. The summed E-state index contributed by atoms with van der Waals surface area (Å²) in [4.78, 5) is 1.78. The Morgan fingerprint density at radius 3 is 2.61 bits per heavy atom. The standard InChI is InChI=1S/C25H23ClN2O7S3/c26-18-8-9-21-20(15-18)27(11-3-13-37(29,30)31)23(35-21)16-24-28(12-4-14-38(32,33)34)25-19-6-2-1-5-17(19)7-10-22(25)36-24/h1-2,5-10,15-16H,3-4,11-14H2,(H-,29,30,31,32,33,34). The molecule has 1 aliphatic rings. The van der Waals surface area contributed by atoms with E-state index in [1.54, 1.807) is 23.1 Å². The first-order valence-corrected chi connectivity index (χ1v) is 16.1. The van der Waals surface area contributed by atoms with Crippen molar-refractivity contribution < 1.29 is 35.2 Å². The Hall–Kier alpha value is -2.74. The summed E-state index contributed by atoms with van der Waals surface area (Å²) >= 11 is 7.70. The van der Waals surface area contributed by atoms with E-state index in [1.165, 1.54) is 11.3 Å². The smallest absolute Gasteiger partial charge is 0.268 e. The van der Waals surface area contributed by atoms with Gasteiger partial charge in [-0.1, -0.05) is 47.2 Å². The average molecular weight is 595 g/mol. The third-order valence-electron chi connectivity index (χ3n) is 6.11. The van der Waals surface area contributed by atoms with Crippen LogP contribution in [0.15, 0.2) is 60.5 Å². The molecule has 0 fully saturated rings. The molecule has 1 aromatic heterocycles. The Kier molecular flexibility index (Phi) is 7.37. The zero-order valence-corrected chi connectivity index (χ0v) is 23.1. The Morgan fingerprint density at radius 2 is 1.84 bits per heavy atom. The van der Waals surface area contributed by atoms with Gasteiger partial charge in [-0.3, -0.25) is 4.55 Å². The summed E-state index contributed by atoms with van der Waals surface area (Å²) in [7, 11) is -8.50. The number of ether oxygens (including phenoxy) is 1. The molecule has 0 saturated carbocycles. The molecule has 0 spiro atoms. The van der Waals surface area contributed by atoms with Gasteiger partial charge in [-0.25, -0.2) is 8.42 Å². The minimum Gasteiger partial charge on any atom is -0.748 e. The molecule has 0 amide bonds. The van der Waals surface area contributed by atoms with Crippen LogP contribution in [0, 0.1) is 0 Å². The van der Waals surface area contributed by atoms with E-state index in [2.05, 4.69) is 0 Å². The number of nitrogens with zero attached hydrogens (tertiary/aromatic N) is 2. The van der Waals surface area contributed by atoms with Crippen molar-refractivity contribution in [3.8, 4) is 5.75 Å². The van der Waals surface area contributed by atoms with Gasteiger partial charge in [0.05, 0.1) is 33.0 Å². The predicted molar refractivity (Wildman–Crippen MR) is 147 cm³/mol. The second-order valence-electron chi connectivity index (χ2n) is 8.83. The van der Waals surface area contributed by atoms with Crippen molar-refractivity contribution in [2.24, 2.45) is 0 Å². The highest BCUT2D eigenvalue weighted by molar-refractivity contribution is 7.85. The molecule has 2 heterocycles. The van der Waals surface area contributed by atoms with E-state index >= 15 is 0 Å². The highest BCUT2D eigenvalue weighted by Crippen LogP contribution is 2.41. The monoisotopic (exact) mass is 594 g/mol. The minimum absolute atomic E-state index is 0.0872. The first-order valence-electron chi connectivity index (χ1n) is 11.7. The van der Waals surface area contributed by atoms with Gasteiger partial charge in [0, 0.05) is 23.7 Å². The van der Waals surface area contributed by atoms with Crippen molar-refractivity contribution in [3.63, 3.8) is 0 Å². The van der Waals surface area contributed by atoms with Crippen LogP contribution in [0.3, 0.4) is 0 Å². The molecule has 5 rings (SSSR count). The molecule has 0 bridgehead atoms. The molecule has 0 aliphatic carbocycles. The molecule has 3 aromatic carbocycles. The zero-order valence-electron chi connectivity index (χ0n) is 19.9. The first kappa shape index (κ1) is 26.9. The van der Waals surface area contributed by atoms with E-state index in [0.717, 1.165) is 26.0 Å². The zero-order chi connectivity index (χ0) is 27.1. The fourth-order valence-electron chi connectivity index (χ4n) is 4.53. The van der Waals surface area contributed by atoms with Crippen LogP contribution in [0.25, 0.3) is 27.1 Å². The summed E-state index contributed by atoms with van der Waals surface area (Å²) in [6, 6.07) is 17.0. The summed E-state index contributed by atoms with van der Waals surface area (Å²) in [5.74, 6) is 0.0611. The van der Waals surface area contributed by atoms with Crippen molar-refractivity contribution in [2.45, 2.75) is 19.4 Å². The van der Waals surface area contributed by atoms with Gasteiger partial charge in [0.15, 0.2) is 12.3 Å². The van der Waals surface area contributed by atoms with Crippen molar-refractivity contribution in [3.05, 3.63) is 70.5 Å². The topological polar surface area (TPSA) is 128 Å². The molecule has 0 saturated heterocycles. The summed E-state index contributed by atoms with van der Waals surface area (Å²) in [6.07, 6.45) is 2.09. The van der Waals surface area contributed by atoms with Crippen LogP contribution >= 0.6 is 22.9 Å².